The summed E-state index contributed by atoms with van der Waals surface area (Å²) in [6, 6.07) is 2.77. The Labute approximate surface area is 197 Å². The van der Waals surface area contributed by atoms with E-state index in [-0.39, 0.29) is 23.6 Å². The Bertz CT molecular complexity index is 1040. The summed E-state index contributed by atoms with van der Waals surface area (Å²) in [6.07, 6.45) is 4.79. The van der Waals surface area contributed by atoms with Crippen molar-refractivity contribution in [2.75, 3.05) is 6.54 Å². The number of carbonyl (C=O) groups excluding carboxylic acids is 2. The predicted octanol–water partition coefficient (Wildman–Crippen LogP) is 5.15. The van der Waals surface area contributed by atoms with Gasteiger partial charge in [-0.05, 0) is 70.6 Å². The molecule has 1 aliphatic heterocycles. The van der Waals surface area contributed by atoms with Crippen LogP contribution in [0.1, 0.15) is 62.9 Å². The van der Waals surface area contributed by atoms with Gasteiger partial charge in [-0.3, -0.25) is 4.79 Å². The Hall–Kier alpha value is -2.25. The van der Waals surface area contributed by atoms with E-state index < -0.39 is 11.7 Å². The summed E-state index contributed by atoms with van der Waals surface area (Å²) in [5.74, 6) is -0.186. The van der Waals surface area contributed by atoms with Crippen molar-refractivity contribution < 1.29 is 19.4 Å². The van der Waals surface area contributed by atoms with E-state index in [2.05, 4.69) is 5.10 Å². The van der Waals surface area contributed by atoms with Gasteiger partial charge in [0.2, 0.25) is 5.91 Å². The molecular weight excluding hydrogens is 453 g/mol. The first kappa shape index (κ1) is 22.9. The van der Waals surface area contributed by atoms with Gasteiger partial charge in [-0.15, -0.1) is 0 Å². The third-order valence-corrected chi connectivity index (χ3v) is 6.63. The number of carbonyl (C=O) groups is 2. The fourth-order valence-corrected chi connectivity index (χ4v) is 5.16. The van der Waals surface area contributed by atoms with Crippen molar-refractivity contribution in [3.63, 3.8) is 0 Å². The molecule has 2 aliphatic rings. The lowest BCUT2D eigenvalue weighted by Gasteiger charge is -2.31. The van der Waals surface area contributed by atoms with Gasteiger partial charge in [0.1, 0.15) is 11.4 Å². The standard InChI is InChI=1S/C23H27Cl2N3O4/c1-23(2,3)32-22(31)28-12-16-19(26-28)5-4-6-20(16)27-8-7-13(21(27)30)9-15-17(24)10-14(29)11-18(15)25/h10-13,20,29H,4-9H2,1-3H3/t13?,20-/m1/s1. The first-order valence-electron chi connectivity index (χ1n) is 10.8. The number of rotatable bonds is 3. The number of aryl methyl sites for hydroxylation is 1. The van der Waals surface area contributed by atoms with Crippen molar-refractivity contribution in [2.45, 2.75) is 64.5 Å². The van der Waals surface area contributed by atoms with Crippen LogP contribution in [-0.4, -0.2) is 43.9 Å². The first-order valence-corrected chi connectivity index (χ1v) is 11.6. The van der Waals surface area contributed by atoms with Crippen LogP contribution in [0.2, 0.25) is 10.0 Å². The highest BCUT2D eigenvalue weighted by atomic mass is 35.5. The van der Waals surface area contributed by atoms with Gasteiger partial charge in [-0.25, -0.2) is 4.79 Å². The first-order chi connectivity index (χ1) is 15.0. The van der Waals surface area contributed by atoms with E-state index in [1.165, 1.54) is 16.8 Å². The number of phenolic OH excluding ortho intramolecular Hbond substituents is 1. The van der Waals surface area contributed by atoms with Crippen molar-refractivity contribution in [3.8, 4) is 5.75 Å². The van der Waals surface area contributed by atoms with Gasteiger partial charge in [0.05, 0.1) is 11.7 Å². The van der Waals surface area contributed by atoms with Gasteiger partial charge < -0.3 is 14.7 Å². The second kappa shape index (κ2) is 8.60. The lowest BCUT2D eigenvalue weighted by atomic mass is 9.92. The Kier molecular flexibility index (Phi) is 6.16. The molecule has 7 nitrogen and oxygen atoms in total. The molecule has 1 amide bonds. The van der Waals surface area contributed by atoms with Gasteiger partial charge in [-0.1, -0.05) is 23.2 Å². The maximum absolute atomic E-state index is 13.3. The van der Waals surface area contributed by atoms with E-state index in [1.807, 2.05) is 25.7 Å². The highest BCUT2D eigenvalue weighted by molar-refractivity contribution is 6.36. The van der Waals surface area contributed by atoms with E-state index >= 15 is 0 Å². The number of ether oxygens (including phenoxy) is 1. The molecule has 0 saturated carbocycles. The SMILES string of the molecule is CC(C)(C)OC(=O)n1cc2c(n1)CCC[C@H]2N1CCC(Cc2c(Cl)cc(O)cc2Cl)C1=O. The van der Waals surface area contributed by atoms with Crippen molar-refractivity contribution >= 4 is 35.2 Å². The molecule has 2 heterocycles. The summed E-state index contributed by atoms with van der Waals surface area (Å²) < 4.78 is 6.69. The summed E-state index contributed by atoms with van der Waals surface area (Å²) in [4.78, 5) is 27.7. The fraction of sp³-hybridized carbons (Fsp3) is 0.522. The smallest absolute Gasteiger partial charge is 0.435 e. The minimum atomic E-state index is -0.613. The van der Waals surface area contributed by atoms with Crippen LogP contribution in [0, 0.1) is 5.92 Å². The molecule has 1 aliphatic carbocycles. The minimum Gasteiger partial charge on any atom is -0.508 e. The van der Waals surface area contributed by atoms with Crippen LogP contribution in [0.4, 0.5) is 4.79 Å². The molecule has 1 unspecified atom stereocenters. The Morgan fingerprint density at radius 3 is 2.59 bits per heavy atom. The van der Waals surface area contributed by atoms with Gasteiger partial charge in [0, 0.05) is 34.3 Å². The van der Waals surface area contributed by atoms with Crippen LogP contribution in [0.3, 0.4) is 0 Å². The fourth-order valence-electron chi connectivity index (χ4n) is 4.53. The summed E-state index contributed by atoms with van der Waals surface area (Å²) >= 11 is 12.5. The van der Waals surface area contributed by atoms with E-state index in [9.17, 15) is 14.7 Å². The number of halogens is 2. The van der Waals surface area contributed by atoms with Crippen LogP contribution in [-0.2, 0) is 22.4 Å². The van der Waals surface area contributed by atoms with Crippen molar-refractivity contribution in [1.82, 2.24) is 14.7 Å². The number of likely N-dealkylation sites (tertiary alicyclic amines) is 1. The molecule has 1 N–H and O–H groups in total. The highest BCUT2D eigenvalue weighted by Gasteiger charge is 2.39. The second-order valence-electron chi connectivity index (χ2n) is 9.47. The van der Waals surface area contributed by atoms with Crippen LogP contribution >= 0.6 is 23.2 Å². The number of fused-ring (bicyclic) bond motifs is 1. The molecule has 1 aromatic heterocycles. The molecule has 0 spiro atoms. The second-order valence-corrected chi connectivity index (χ2v) is 10.3. The number of hydrogen-bond donors (Lipinski definition) is 1. The van der Waals surface area contributed by atoms with Gasteiger partial charge in [0.25, 0.3) is 0 Å². The molecule has 1 aromatic carbocycles. The van der Waals surface area contributed by atoms with Crippen LogP contribution in [0.15, 0.2) is 18.3 Å². The van der Waals surface area contributed by atoms with Crippen molar-refractivity contribution in [2.24, 2.45) is 5.92 Å². The maximum Gasteiger partial charge on any atom is 0.435 e. The lowest BCUT2D eigenvalue weighted by Crippen LogP contribution is -2.34. The molecule has 4 rings (SSSR count). The van der Waals surface area contributed by atoms with E-state index in [0.717, 1.165) is 30.5 Å². The summed E-state index contributed by atoms with van der Waals surface area (Å²) in [5, 5.41) is 14.8. The van der Waals surface area contributed by atoms with E-state index in [0.29, 0.717) is 35.0 Å². The monoisotopic (exact) mass is 479 g/mol. The average molecular weight is 480 g/mol. The Morgan fingerprint density at radius 2 is 1.94 bits per heavy atom. The van der Waals surface area contributed by atoms with E-state index in [1.54, 1.807) is 6.20 Å². The number of hydrogen-bond acceptors (Lipinski definition) is 5. The number of aromatic nitrogens is 2. The molecular formula is C23H27Cl2N3O4. The van der Waals surface area contributed by atoms with Gasteiger partial charge in [-0.2, -0.15) is 9.78 Å². The normalized spacial score (nSPS) is 21.0. The topological polar surface area (TPSA) is 84.7 Å². The lowest BCUT2D eigenvalue weighted by molar-refractivity contribution is -0.133. The molecule has 9 heteroatoms. The van der Waals surface area contributed by atoms with Gasteiger partial charge in [0.15, 0.2) is 0 Å². The molecule has 1 saturated heterocycles. The zero-order valence-corrected chi connectivity index (χ0v) is 19.9. The van der Waals surface area contributed by atoms with Crippen molar-refractivity contribution in [1.29, 1.82) is 0 Å². The summed E-state index contributed by atoms with van der Waals surface area (Å²) in [5.41, 5.74) is 1.82. The molecule has 1 fully saturated rings. The number of benzene rings is 1. The van der Waals surface area contributed by atoms with Crippen LogP contribution in [0.5, 0.6) is 5.75 Å². The zero-order valence-electron chi connectivity index (χ0n) is 18.4. The molecule has 0 radical (unpaired) electrons. The number of amides is 1. The molecule has 2 aromatic rings. The van der Waals surface area contributed by atoms with Crippen molar-refractivity contribution in [3.05, 3.63) is 45.2 Å². The van der Waals surface area contributed by atoms with Crippen LogP contribution < -0.4 is 0 Å². The highest BCUT2D eigenvalue weighted by Crippen LogP contribution is 2.40. The zero-order chi connectivity index (χ0) is 23.2. The molecule has 172 valence electrons. The Balaban J connectivity index is 1.53. The third-order valence-electron chi connectivity index (χ3n) is 5.96. The van der Waals surface area contributed by atoms with Crippen LogP contribution in [0.25, 0.3) is 0 Å². The largest absolute Gasteiger partial charge is 0.508 e. The number of phenols is 1. The molecule has 2 atom stereocenters. The third kappa shape index (κ3) is 4.59. The van der Waals surface area contributed by atoms with E-state index in [4.69, 9.17) is 27.9 Å². The Morgan fingerprint density at radius 1 is 1.25 bits per heavy atom. The summed E-state index contributed by atoms with van der Waals surface area (Å²) in [7, 11) is 0. The number of nitrogens with zero attached hydrogens (tertiary/aromatic N) is 3. The van der Waals surface area contributed by atoms with Gasteiger partial charge >= 0.3 is 6.09 Å². The quantitative estimate of drug-likeness (QED) is 0.657. The maximum atomic E-state index is 13.3. The number of aromatic hydroxyl groups is 1. The average Bonchev–Trinajstić information content (AvgIpc) is 3.27. The molecule has 32 heavy (non-hydrogen) atoms. The molecule has 0 bridgehead atoms. The predicted molar refractivity (Wildman–Crippen MR) is 121 cm³/mol. The minimum absolute atomic E-state index is 0.000130. The summed E-state index contributed by atoms with van der Waals surface area (Å²) in [6.45, 7) is 6.06.